The molecule has 2 aromatic carbocycles. The average Bonchev–Trinajstić information content (AvgIpc) is 2.84. The zero-order valence-corrected chi connectivity index (χ0v) is 19.4. The van der Waals surface area contributed by atoms with Crippen molar-refractivity contribution in [2.45, 2.75) is 31.5 Å². The number of β-amino-alcohol motifs (C(OH)–C–C–N with tert-alkyl or cyclic N) is 1. The number of carbonyl (C=O) groups excluding carboxylic acids is 2. The lowest BCUT2D eigenvalue weighted by atomic mass is 9.90. The zero-order chi connectivity index (χ0) is 23.0. The van der Waals surface area contributed by atoms with Crippen molar-refractivity contribution in [3.05, 3.63) is 70.1 Å². The standard InChI is InChI=1S/C26H27NO5S/c1-17-6-2-5-9-21(17)31-15-18(28)14-27-12-10-26(11-13-27)16-33-25-23(30)22(29)19-7-3-4-8-20(19)24(25)32-26/h2-9,18,28H,10-16H2,1H3/t18-/m1/s1. The van der Waals surface area contributed by atoms with Crippen molar-refractivity contribution in [1.29, 1.82) is 0 Å². The van der Waals surface area contributed by atoms with Crippen LogP contribution >= 0.6 is 11.8 Å². The first-order valence-corrected chi connectivity index (χ1v) is 12.3. The van der Waals surface area contributed by atoms with E-state index in [0.717, 1.165) is 42.8 Å². The number of Topliss-reactive ketones (excluding diaryl/α,β-unsaturated/α-hetero) is 2. The molecule has 7 heteroatoms. The first-order chi connectivity index (χ1) is 16.0. The highest BCUT2D eigenvalue weighted by Crippen LogP contribution is 2.47. The first-order valence-electron chi connectivity index (χ1n) is 11.3. The zero-order valence-electron chi connectivity index (χ0n) is 18.6. The normalized spacial score (nSPS) is 20.8. The molecule has 0 unspecified atom stereocenters. The topological polar surface area (TPSA) is 76.1 Å². The maximum Gasteiger partial charge on any atom is 0.243 e. The van der Waals surface area contributed by atoms with Gasteiger partial charge in [0.15, 0.2) is 0 Å². The number of ether oxygens (including phenoxy) is 2. The Morgan fingerprint density at radius 2 is 1.76 bits per heavy atom. The molecule has 2 aliphatic heterocycles. The molecule has 5 rings (SSSR count). The van der Waals surface area contributed by atoms with E-state index < -0.39 is 17.7 Å². The molecule has 1 spiro atoms. The maximum atomic E-state index is 12.6. The van der Waals surface area contributed by atoms with Crippen LogP contribution in [0.4, 0.5) is 0 Å². The molecule has 172 valence electrons. The largest absolute Gasteiger partial charge is 0.491 e. The molecule has 33 heavy (non-hydrogen) atoms. The van der Waals surface area contributed by atoms with Gasteiger partial charge < -0.3 is 19.5 Å². The number of allylic oxidation sites excluding steroid dienone is 1. The van der Waals surface area contributed by atoms with E-state index in [9.17, 15) is 14.7 Å². The third-order valence-corrected chi connectivity index (χ3v) is 7.92. The van der Waals surface area contributed by atoms with Gasteiger partial charge >= 0.3 is 0 Å². The smallest absolute Gasteiger partial charge is 0.243 e. The molecule has 1 atom stereocenters. The Morgan fingerprint density at radius 1 is 1.06 bits per heavy atom. The number of piperidine rings is 1. The molecular formula is C26H27NO5S. The van der Waals surface area contributed by atoms with Gasteiger partial charge in [-0.2, -0.15) is 0 Å². The predicted molar refractivity (Wildman–Crippen MR) is 127 cm³/mol. The second-order valence-corrected chi connectivity index (χ2v) is 9.95. The Labute approximate surface area is 197 Å². The number of benzene rings is 2. The number of nitrogens with zero attached hydrogens (tertiary/aromatic N) is 1. The summed E-state index contributed by atoms with van der Waals surface area (Å²) in [5.74, 6) is 1.10. The summed E-state index contributed by atoms with van der Waals surface area (Å²) < 4.78 is 12.3. The van der Waals surface area contributed by atoms with Gasteiger partial charge in [-0.05, 0) is 18.6 Å². The fourth-order valence-electron chi connectivity index (χ4n) is 4.66. The number of fused-ring (bicyclic) bond motifs is 2. The molecule has 0 bridgehead atoms. The summed E-state index contributed by atoms with van der Waals surface area (Å²) in [4.78, 5) is 27.7. The summed E-state index contributed by atoms with van der Waals surface area (Å²) >= 11 is 1.45. The molecule has 0 aromatic heterocycles. The van der Waals surface area contributed by atoms with Crippen LogP contribution in [0.15, 0.2) is 53.4 Å². The number of rotatable bonds is 5. The fourth-order valence-corrected chi connectivity index (χ4v) is 5.92. The summed E-state index contributed by atoms with van der Waals surface area (Å²) in [6.07, 6.45) is 1.02. The molecule has 2 aromatic rings. The number of hydrogen-bond donors (Lipinski definition) is 1. The minimum absolute atomic E-state index is 0.252. The third kappa shape index (κ3) is 4.33. The molecular weight excluding hydrogens is 438 g/mol. The Balaban J connectivity index is 1.20. The van der Waals surface area contributed by atoms with E-state index in [1.54, 1.807) is 12.1 Å². The van der Waals surface area contributed by atoms with Crippen LogP contribution in [-0.4, -0.2) is 65.3 Å². The molecule has 2 heterocycles. The molecule has 1 aliphatic carbocycles. The lowest BCUT2D eigenvalue weighted by Gasteiger charge is -2.45. The maximum absolute atomic E-state index is 12.6. The van der Waals surface area contributed by atoms with E-state index in [1.165, 1.54) is 11.8 Å². The predicted octanol–water partition coefficient (Wildman–Crippen LogP) is 3.47. The second kappa shape index (κ2) is 8.97. The lowest BCUT2D eigenvalue weighted by molar-refractivity contribution is -0.111. The van der Waals surface area contributed by atoms with Gasteiger partial charge in [-0.3, -0.25) is 9.59 Å². The summed E-state index contributed by atoms with van der Waals surface area (Å²) in [5.41, 5.74) is 1.83. The van der Waals surface area contributed by atoms with Crippen molar-refractivity contribution in [1.82, 2.24) is 4.90 Å². The third-order valence-electron chi connectivity index (χ3n) is 6.59. The van der Waals surface area contributed by atoms with Gasteiger partial charge in [-0.25, -0.2) is 0 Å². The van der Waals surface area contributed by atoms with Crippen molar-refractivity contribution in [2.75, 3.05) is 32.0 Å². The van der Waals surface area contributed by atoms with Crippen LogP contribution < -0.4 is 4.74 Å². The Bertz CT molecular complexity index is 1120. The van der Waals surface area contributed by atoms with Gasteiger partial charge in [0.25, 0.3) is 0 Å². The van der Waals surface area contributed by atoms with E-state index in [1.807, 2.05) is 43.3 Å². The number of aliphatic hydroxyl groups is 1. The van der Waals surface area contributed by atoms with Gasteiger partial charge in [0, 0.05) is 49.4 Å². The monoisotopic (exact) mass is 465 g/mol. The Kier molecular flexibility index (Phi) is 6.03. The highest BCUT2D eigenvalue weighted by Gasteiger charge is 2.46. The fraction of sp³-hybridized carbons (Fsp3) is 0.385. The van der Waals surface area contributed by atoms with Crippen LogP contribution in [0.25, 0.3) is 5.76 Å². The quantitative estimate of drug-likeness (QED) is 0.678. The second-order valence-electron chi connectivity index (χ2n) is 8.97. The SMILES string of the molecule is Cc1ccccc1OC[C@H](O)CN1CCC2(CC1)CSC1=C(O2)c2ccccc2C(=O)C1=O. The van der Waals surface area contributed by atoms with Crippen molar-refractivity contribution < 1.29 is 24.2 Å². The average molecular weight is 466 g/mol. The van der Waals surface area contributed by atoms with Crippen LogP contribution in [0.5, 0.6) is 5.75 Å². The van der Waals surface area contributed by atoms with Crippen molar-refractivity contribution in [2.24, 2.45) is 0 Å². The van der Waals surface area contributed by atoms with Crippen LogP contribution in [0.1, 0.15) is 34.3 Å². The Hall–Kier alpha value is -2.61. The van der Waals surface area contributed by atoms with Crippen LogP contribution in [0.2, 0.25) is 0 Å². The van der Waals surface area contributed by atoms with Gasteiger partial charge in [-0.15, -0.1) is 11.8 Å². The summed E-state index contributed by atoms with van der Waals surface area (Å²) in [6, 6.07) is 15.0. The minimum atomic E-state index is -0.580. The molecule has 1 N–H and O–H groups in total. The number of aliphatic hydroxyl groups excluding tert-OH is 1. The number of aryl methyl sites for hydroxylation is 1. The summed E-state index contributed by atoms with van der Waals surface area (Å²) in [6.45, 7) is 4.36. The highest BCUT2D eigenvalue weighted by atomic mass is 32.2. The van der Waals surface area contributed by atoms with E-state index in [-0.39, 0.29) is 12.2 Å². The van der Waals surface area contributed by atoms with Crippen LogP contribution in [0.3, 0.4) is 0 Å². The first kappa shape index (κ1) is 22.2. The van der Waals surface area contributed by atoms with Crippen LogP contribution in [-0.2, 0) is 9.53 Å². The summed E-state index contributed by atoms with van der Waals surface area (Å²) in [7, 11) is 0. The van der Waals surface area contributed by atoms with Crippen molar-refractivity contribution in [3.63, 3.8) is 0 Å². The van der Waals surface area contributed by atoms with Crippen LogP contribution in [0, 0.1) is 6.92 Å². The molecule has 0 amide bonds. The molecule has 0 saturated carbocycles. The number of hydrogen-bond acceptors (Lipinski definition) is 7. The highest BCUT2D eigenvalue weighted by molar-refractivity contribution is 8.04. The molecule has 6 nitrogen and oxygen atoms in total. The van der Waals surface area contributed by atoms with Gasteiger partial charge in [0.05, 0.1) is 0 Å². The lowest BCUT2D eigenvalue weighted by Crippen LogP contribution is -2.51. The van der Waals surface area contributed by atoms with E-state index in [0.29, 0.717) is 28.5 Å². The van der Waals surface area contributed by atoms with Gasteiger partial charge in [-0.1, -0.05) is 42.5 Å². The Morgan fingerprint density at radius 3 is 2.52 bits per heavy atom. The van der Waals surface area contributed by atoms with Crippen molar-refractivity contribution in [3.8, 4) is 5.75 Å². The van der Waals surface area contributed by atoms with Gasteiger partial charge in [0.2, 0.25) is 11.6 Å². The molecule has 3 aliphatic rings. The van der Waals surface area contributed by atoms with E-state index >= 15 is 0 Å². The number of ketones is 2. The molecule has 1 fully saturated rings. The number of carbonyl (C=O) groups is 2. The minimum Gasteiger partial charge on any atom is -0.491 e. The van der Waals surface area contributed by atoms with Crippen molar-refractivity contribution >= 4 is 29.1 Å². The van der Waals surface area contributed by atoms with Gasteiger partial charge in [0.1, 0.15) is 34.7 Å². The molecule has 0 radical (unpaired) electrons. The molecule has 1 saturated heterocycles. The van der Waals surface area contributed by atoms with E-state index in [2.05, 4.69) is 4.90 Å². The van der Waals surface area contributed by atoms with E-state index in [4.69, 9.17) is 9.47 Å². The number of likely N-dealkylation sites (tertiary alicyclic amines) is 1. The summed E-state index contributed by atoms with van der Waals surface area (Å²) in [5, 5.41) is 10.5. The number of para-hydroxylation sites is 1. The number of thioether (sulfide) groups is 1.